The van der Waals surface area contributed by atoms with Gasteiger partial charge in [0.05, 0.1) is 0 Å². The number of unbranched alkanes of at least 4 members (excludes halogenated alkanes) is 32. The predicted molar refractivity (Wildman–Crippen MR) is 247 cm³/mol. The summed E-state index contributed by atoms with van der Waals surface area (Å²) in [6.07, 6.45) is 50.8. The highest BCUT2D eigenvalue weighted by atomic mass is 28.4. The maximum Gasteiger partial charge on any atom is 0.222 e. The van der Waals surface area contributed by atoms with Crippen LogP contribution in [0.25, 0.3) is 0 Å². The van der Waals surface area contributed by atoms with Gasteiger partial charge in [-0.1, -0.05) is 225 Å². The molecular formula is C48H99NO3Si2. The molecule has 0 saturated heterocycles. The minimum Gasteiger partial charge on any atom is -0.407 e. The number of amides is 1. The van der Waals surface area contributed by atoms with Crippen molar-refractivity contribution in [3.8, 4) is 0 Å². The summed E-state index contributed by atoms with van der Waals surface area (Å²) in [5.74, 6) is 0.106. The van der Waals surface area contributed by atoms with Crippen LogP contribution in [0.15, 0.2) is 12.2 Å². The van der Waals surface area contributed by atoms with E-state index in [1.54, 1.807) is 0 Å². The third kappa shape index (κ3) is 41.2. The van der Waals surface area contributed by atoms with E-state index in [4.69, 9.17) is 8.85 Å². The first-order valence-corrected chi connectivity index (χ1v) is 31.1. The Morgan fingerprint density at radius 1 is 0.444 bits per heavy atom. The molecule has 0 heterocycles. The van der Waals surface area contributed by atoms with E-state index in [1.807, 2.05) is 0 Å². The van der Waals surface area contributed by atoms with Crippen molar-refractivity contribution in [3.05, 3.63) is 12.2 Å². The normalized spacial score (nSPS) is 13.6. The van der Waals surface area contributed by atoms with E-state index >= 15 is 0 Å². The fourth-order valence-corrected chi connectivity index (χ4v) is 9.43. The Balaban J connectivity index is 4.17. The summed E-state index contributed by atoms with van der Waals surface area (Å²) in [6, 6.07) is 0. The maximum absolute atomic E-state index is 13.2. The van der Waals surface area contributed by atoms with Crippen LogP contribution < -0.4 is 5.32 Å². The summed E-state index contributed by atoms with van der Waals surface area (Å²) >= 11 is 0. The van der Waals surface area contributed by atoms with E-state index in [2.05, 4.69) is 70.6 Å². The highest BCUT2D eigenvalue weighted by Gasteiger charge is 2.31. The van der Waals surface area contributed by atoms with E-state index in [9.17, 15) is 4.79 Å². The molecule has 322 valence electrons. The average Bonchev–Trinajstić information content (AvgIpc) is 3.10. The summed E-state index contributed by atoms with van der Waals surface area (Å²) in [4.78, 5) is 13.2. The summed E-state index contributed by atoms with van der Waals surface area (Å²) in [7, 11) is -3.76. The number of allylic oxidation sites excluding steroid dienone is 1. The molecule has 0 aromatic heterocycles. The lowest BCUT2D eigenvalue weighted by Gasteiger charge is -2.35. The summed E-state index contributed by atoms with van der Waals surface area (Å²) in [5.41, 5.74) is 0. The number of carbonyl (C=O) groups excluding carboxylic acids is 1. The molecule has 54 heavy (non-hydrogen) atoms. The molecule has 0 aromatic carbocycles. The molecule has 0 bridgehead atoms. The molecule has 4 nitrogen and oxygen atoms in total. The monoisotopic (exact) mass is 794 g/mol. The van der Waals surface area contributed by atoms with Crippen LogP contribution >= 0.6 is 0 Å². The van der Waals surface area contributed by atoms with E-state index in [1.165, 1.54) is 199 Å². The topological polar surface area (TPSA) is 47.6 Å². The Morgan fingerprint density at radius 2 is 0.741 bits per heavy atom. The SMILES string of the molecule is CCCCCCCCCCCCC/C=C/C(O[Si](C)(C)C)C(NC(=O)CCCCCCCCCCCCCCCCCCCCCCCC)O[Si](C)(C)C. The summed E-state index contributed by atoms with van der Waals surface area (Å²) < 4.78 is 13.2. The molecule has 0 aliphatic carbocycles. The number of hydrogen-bond acceptors (Lipinski definition) is 3. The van der Waals surface area contributed by atoms with Crippen LogP contribution in [0.1, 0.15) is 239 Å². The third-order valence-electron chi connectivity index (χ3n) is 10.6. The lowest BCUT2D eigenvalue weighted by atomic mass is 10.0. The van der Waals surface area contributed by atoms with Gasteiger partial charge < -0.3 is 14.2 Å². The lowest BCUT2D eigenvalue weighted by Crippen LogP contribution is -2.52. The van der Waals surface area contributed by atoms with E-state index in [0.29, 0.717) is 6.42 Å². The molecule has 0 aliphatic heterocycles. The fraction of sp³-hybridized carbons (Fsp3) is 0.938. The Labute approximate surface area is 342 Å². The van der Waals surface area contributed by atoms with Gasteiger partial charge in [0.1, 0.15) is 12.3 Å². The zero-order chi connectivity index (χ0) is 40.0. The molecule has 0 spiro atoms. The molecule has 0 aromatic rings. The molecule has 0 saturated carbocycles. The number of nitrogens with one attached hydrogen (secondary N) is 1. The number of hydrogen-bond donors (Lipinski definition) is 1. The fourth-order valence-electron chi connectivity index (χ4n) is 7.45. The van der Waals surface area contributed by atoms with Gasteiger partial charge in [-0.2, -0.15) is 0 Å². The third-order valence-corrected chi connectivity index (χ3v) is 12.6. The maximum atomic E-state index is 13.2. The van der Waals surface area contributed by atoms with Gasteiger partial charge in [0.25, 0.3) is 0 Å². The van der Waals surface area contributed by atoms with E-state index < -0.39 is 22.9 Å². The number of carbonyl (C=O) groups is 1. The van der Waals surface area contributed by atoms with Crippen molar-refractivity contribution in [1.82, 2.24) is 5.32 Å². The predicted octanol–water partition coefficient (Wildman–Crippen LogP) is 16.7. The van der Waals surface area contributed by atoms with E-state index in [0.717, 1.165) is 19.3 Å². The molecule has 6 heteroatoms. The second-order valence-electron chi connectivity index (χ2n) is 18.8. The smallest absolute Gasteiger partial charge is 0.222 e. The van der Waals surface area contributed by atoms with Crippen LogP contribution in [0.2, 0.25) is 39.3 Å². The summed E-state index contributed by atoms with van der Waals surface area (Å²) in [6.45, 7) is 17.9. The van der Waals surface area contributed by atoms with Crippen molar-refractivity contribution >= 4 is 22.5 Å². The zero-order valence-electron chi connectivity index (χ0n) is 38.3. The lowest BCUT2D eigenvalue weighted by molar-refractivity contribution is -0.125. The molecule has 0 fully saturated rings. The minimum atomic E-state index is -1.91. The minimum absolute atomic E-state index is 0.106. The van der Waals surface area contributed by atoms with Crippen LogP contribution in [0.4, 0.5) is 0 Å². The van der Waals surface area contributed by atoms with Crippen LogP contribution in [0.3, 0.4) is 0 Å². The zero-order valence-corrected chi connectivity index (χ0v) is 40.3. The van der Waals surface area contributed by atoms with E-state index in [-0.39, 0.29) is 12.0 Å². The Bertz CT molecular complexity index is 822. The molecule has 2 atom stereocenters. The average molecular weight is 794 g/mol. The molecule has 1 amide bonds. The van der Waals surface area contributed by atoms with Crippen LogP contribution in [0, 0.1) is 0 Å². The second-order valence-corrected chi connectivity index (χ2v) is 27.8. The van der Waals surface area contributed by atoms with Crippen molar-refractivity contribution in [2.75, 3.05) is 0 Å². The van der Waals surface area contributed by atoms with Gasteiger partial charge in [0, 0.05) is 6.42 Å². The first kappa shape index (κ1) is 53.6. The van der Waals surface area contributed by atoms with Crippen LogP contribution in [0.5, 0.6) is 0 Å². The summed E-state index contributed by atoms with van der Waals surface area (Å²) in [5, 5.41) is 3.28. The molecule has 0 aliphatic rings. The molecule has 0 rings (SSSR count). The second kappa shape index (κ2) is 38.1. The van der Waals surface area contributed by atoms with Gasteiger partial charge in [-0.3, -0.25) is 4.79 Å². The van der Waals surface area contributed by atoms with Gasteiger partial charge in [-0.25, -0.2) is 0 Å². The van der Waals surface area contributed by atoms with Gasteiger partial charge in [0.15, 0.2) is 16.6 Å². The Hall–Kier alpha value is -0.436. The Kier molecular flexibility index (Phi) is 37.8. The van der Waals surface area contributed by atoms with Gasteiger partial charge in [0.2, 0.25) is 5.91 Å². The molecular weight excluding hydrogens is 695 g/mol. The van der Waals surface area contributed by atoms with Crippen molar-refractivity contribution in [3.63, 3.8) is 0 Å². The van der Waals surface area contributed by atoms with Gasteiger partial charge in [-0.05, 0) is 58.5 Å². The number of rotatable bonds is 42. The van der Waals surface area contributed by atoms with Crippen molar-refractivity contribution < 1.29 is 13.6 Å². The molecule has 0 radical (unpaired) electrons. The highest BCUT2D eigenvalue weighted by Crippen LogP contribution is 2.20. The van der Waals surface area contributed by atoms with Crippen molar-refractivity contribution in [1.29, 1.82) is 0 Å². The van der Waals surface area contributed by atoms with Crippen molar-refractivity contribution in [2.24, 2.45) is 0 Å². The first-order valence-electron chi connectivity index (χ1n) is 24.3. The van der Waals surface area contributed by atoms with Gasteiger partial charge >= 0.3 is 0 Å². The first-order chi connectivity index (χ1) is 26.0. The molecule has 1 N–H and O–H groups in total. The standard InChI is InChI=1S/C48H99NO3Si2/c1-9-11-13-15-17-19-21-23-24-25-26-27-28-29-30-31-33-35-37-39-41-43-45-47(50)49-48(52-54(6,7)8)46(51-53(3,4)5)44-42-40-38-36-34-32-22-20-18-16-14-12-10-2/h42,44,46,48H,9-41,43,45H2,1-8H3,(H,49,50)/b44-42+. The van der Waals surface area contributed by atoms with Crippen LogP contribution in [-0.4, -0.2) is 34.9 Å². The van der Waals surface area contributed by atoms with Crippen LogP contribution in [-0.2, 0) is 13.6 Å². The quantitative estimate of drug-likeness (QED) is 0.0290. The van der Waals surface area contributed by atoms with Crippen molar-refractivity contribution in [2.45, 2.75) is 290 Å². The largest absolute Gasteiger partial charge is 0.407 e. The van der Waals surface area contributed by atoms with Gasteiger partial charge in [-0.15, -0.1) is 0 Å². The molecule has 2 unspecified atom stereocenters. The Morgan fingerprint density at radius 3 is 1.06 bits per heavy atom. The highest BCUT2D eigenvalue weighted by molar-refractivity contribution is 6.70.